The summed E-state index contributed by atoms with van der Waals surface area (Å²) in [7, 11) is 0. The summed E-state index contributed by atoms with van der Waals surface area (Å²) in [5, 5.41) is 13.2. The van der Waals surface area contributed by atoms with Crippen molar-refractivity contribution in [3.05, 3.63) is 46.9 Å². The minimum absolute atomic E-state index is 0.0800. The standard InChI is InChI=1S/C22H21ClFN3O3/c23-19-13(2-1-3-14(19)15-4-5-17(28)26-21(15)30)12-10-16(24)20(25-11-12)27-18(29)6-7-22(27)8-9-22/h1-3,10-11,15,21,30H,4-9H2,(H,26,28). The van der Waals surface area contributed by atoms with Crippen LogP contribution in [-0.2, 0) is 9.59 Å². The number of aromatic nitrogens is 1. The zero-order valence-corrected chi connectivity index (χ0v) is 17.0. The summed E-state index contributed by atoms with van der Waals surface area (Å²) in [6.45, 7) is 0. The van der Waals surface area contributed by atoms with Crippen LogP contribution in [-0.4, -0.2) is 33.7 Å². The fourth-order valence-electron chi connectivity index (χ4n) is 4.70. The molecule has 30 heavy (non-hydrogen) atoms. The van der Waals surface area contributed by atoms with Crippen LogP contribution in [0.4, 0.5) is 10.2 Å². The normalized spacial score (nSPS) is 25.0. The Kier molecular flexibility index (Phi) is 4.56. The molecule has 1 aliphatic carbocycles. The fraction of sp³-hybridized carbons (Fsp3) is 0.409. The van der Waals surface area contributed by atoms with Crippen molar-refractivity contribution in [3.63, 3.8) is 0 Å². The third-order valence-corrected chi connectivity index (χ3v) is 6.92. The number of hydrogen-bond donors (Lipinski definition) is 2. The number of piperidine rings is 1. The molecule has 1 saturated carbocycles. The quantitative estimate of drug-likeness (QED) is 0.782. The molecule has 2 saturated heterocycles. The molecule has 3 aliphatic rings. The van der Waals surface area contributed by atoms with Gasteiger partial charge in [-0.1, -0.05) is 29.8 Å². The molecule has 5 rings (SSSR count). The van der Waals surface area contributed by atoms with Crippen LogP contribution in [0.2, 0.25) is 5.02 Å². The second-order valence-corrected chi connectivity index (χ2v) is 8.73. The second kappa shape index (κ2) is 7.03. The van der Waals surface area contributed by atoms with Gasteiger partial charge in [0, 0.05) is 36.1 Å². The highest BCUT2D eigenvalue weighted by Gasteiger charge is 2.55. The lowest BCUT2D eigenvalue weighted by molar-refractivity contribution is -0.127. The lowest BCUT2D eigenvalue weighted by Gasteiger charge is -2.29. The van der Waals surface area contributed by atoms with Crippen molar-refractivity contribution in [1.82, 2.24) is 10.3 Å². The molecule has 6 nitrogen and oxygen atoms in total. The van der Waals surface area contributed by atoms with Crippen LogP contribution in [0.15, 0.2) is 30.5 Å². The Morgan fingerprint density at radius 1 is 1.23 bits per heavy atom. The number of pyridine rings is 1. The molecular weight excluding hydrogens is 409 g/mol. The molecule has 2 aliphatic heterocycles. The van der Waals surface area contributed by atoms with E-state index in [-0.39, 0.29) is 29.1 Å². The van der Waals surface area contributed by atoms with Crippen LogP contribution in [0.1, 0.15) is 50.0 Å². The zero-order chi connectivity index (χ0) is 21.0. The van der Waals surface area contributed by atoms with Gasteiger partial charge in [-0.05, 0) is 37.3 Å². The van der Waals surface area contributed by atoms with Crippen molar-refractivity contribution >= 4 is 29.2 Å². The Morgan fingerprint density at radius 2 is 2.03 bits per heavy atom. The maximum Gasteiger partial charge on any atom is 0.228 e. The van der Waals surface area contributed by atoms with Gasteiger partial charge in [0.15, 0.2) is 11.6 Å². The van der Waals surface area contributed by atoms with E-state index in [0.717, 1.165) is 19.3 Å². The third-order valence-electron chi connectivity index (χ3n) is 6.50. The predicted molar refractivity (Wildman–Crippen MR) is 109 cm³/mol. The summed E-state index contributed by atoms with van der Waals surface area (Å²) in [6, 6.07) is 6.71. The molecule has 2 atom stereocenters. The first-order valence-electron chi connectivity index (χ1n) is 10.1. The molecule has 2 N–H and O–H groups in total. The van der Waals surface area contributed by atoms with Crippen molar-refractivity contribution in [1.29, 1.82) is 0 Å². The Labute approximate surface area is 178 Å². The van der Waals surface area contributed by atoms with Crippen molar-refractivity contribution in [3.8, 4) is 11.1 Å². The summed E-state index contributed by atoms with van der Waals surface area (Å²) in [5.41, 5.74) is 1.53. The number of aliphatic hydroxyl groups excluding tert-OH is 1. The number of carbonyl (C=O) groups is 2. The molecule has 3 fully saturated rings. The van der Waals surface area contributed by atoms with Gasteiger partial charge in [0.1, 0.15) is 6.23 Å². The van der Waals surface area contributed by atoms with E-state index in [1.165, 1.54) is 17.2 Å². The highest BCUT2D eigenvalue weighted by atomic mass is 35.5. The van der Waals surface area contributed by atoms with E-state index in [1.54, 1.807) is 18.2 Å². The first kappa shape index (κ1) is 19.5. The van der Waals surface area contributed by atoms with Crippen molar-refractivity contribution in [2.24, 2.45) is 0 Å². The van der Waals surface area contributed by atoms with Gasteiger partial charge in [-0.3, -0.25) is 14.5 Å². The predicted octanol–water partition coefficient (Wildman–Crippen LogP) is 3.51. The summed E-state index contributed by atoms with van der Waals surface area (Å²) < 4.78 is 15.0. The van der Waals surface area contributed by atoms with Crippen molar-refractivity contribution in [2.45, 2.75) is 56.2 Å². The number of amides is 2. The Balaban J connectivity index is 1.49. The first-order chi connectivity index (χ1) is 14.4. The molecule has 0 radical (unpaired) electrons. The third kappa shape index (κ3) is 3.08. The molecule has 3 heterocycles. The smallest absolute Gasteiger partial charge is 0.228 e. The summed E-state index contributed by atoms with van der Waals surface area (Å²) >= 11 is 6.64. The highest BCUT2D eigenvalue weighted by molar-refractivity contribution is 6.34. The number of aliphatic hydroxyl groups is 1. The average Bonchev–Trinajstić information content (AvgIpc) is 3.42. The van der Waals surface area contributed by atoms with E-state index in [4.69, 9.17) is 11.6 Å². The van der Waals surface area contributed by atoms with Gasteiger partial charge in [-0.2, -0.15) is 0 Å². The highest BCUT2D eigenvalue weighted by Crippen LogP contribution is 2.52. The molecule has 156 valence electrons. The van der Waals surface area contributed by atoms with Crippen LogP contribution in [0.25, 0.3) is 11.1 Å². The Hall–Kier alpha value is -2.51. The van der Waals surface area contributed by atoms with E-state index in [0.29, 0.717) is 41.0 Å². The number of rotatable bonds is 3. The summed E-state index contributed by atoms with van der Waals surface area (Å²) in [6.07, 6.45) is 4.24. The second-order valence-electron chi connectivity index (χ2n) is 8.35. The van der Waals surface area contributed by atoms with Gasteiger partial charge in [0.25, 0.3) is 0 Å². The minimum Gasteiger partial charge on any atom is -0.373 e. The number of anilines is 1. The van der Waals surface area contributed by atoms with Crippen LogP contribution >= 0.6 is 11.6 Å². The summed E-state index contributed by atoms with van der Waals surface area (Å²) in [5.74, 6) is -1.10. The van der Waals surface area contributed by atoms with Gasteiger partial charge in [0.2, 0.25) is 11.8 Å². The van der Waals surface area contributed by atoms with E-state index < -0.39 is 12.0 Å². The largest absolute Gasteiger partial charge is 0.373 e. The maximum absolute atomic E-state index is 15.0. The lowest BCUT2D eigenvalue weighted by atomic mass is 9.88. The SMILES string of the molecule is O=C1CCC(c2cccc(-c3cnc(N4C(=O)CCC45CC5)c(F)c3)c2Cl)C(O)N1. The van der Waals surface area contributed by atoms with Crippen LogP contribution < -0.4 is 10.2 Å². The number of nitrogens with one attached hydrogen (secondary N) is 1. The van der Waals surface area contributed by atoms with Crippen molar-refractivity contribution in [2.75, 3.05) is 4.90 Å². The Morgan fingerprint density at radius 3 is 2.73 bits per heavy atom. The molecule has 0 bridgehead atoms. The molecule has 2 unspecified atom stereocenters. The minimum atomic E-state index is -1.02. The van der Waals surface area contributed by atoms with Gasteiger partial charge in [0.05, 0.1) is 10.6 Å². The van der Waals surface area contributed by atoms with E-state index in [9.17, 15) is 14.7 Å². The zero-order valence-electron chi connectivity index (χ0n) is 16.2. The molecule has 1 aromatic carbocycles. The summed E-state index contributed by atoms with van der Waals surface area (Å²) in [4.78, 5) is 29.6. The molecular formula is C22H21ClFN3O3. The van der Waals surface area contributed by atoms with E-state index >= 15 is 4.39 Å². The van der Waals surface area contributed by atoms with Gasteiger partial charge < -0.3 is 10.4 Å². The van der Waals surface area contributed by atoms with E-state index in [2.05, 4.69) is 10.3 Å². The molecule has 8 heteroatoms. The number of nitrogens with zero attached hydrogens (tertiary/aromatic N) is 2. The maximum atomic E-state index is 15.0. The molecule has 1 spiro atoms. The number of halogens is 2. The fourth-order valence-corrected chi connectivity index (χ4v) is 5.07. The topological polar surface area (TPSA) is 82.5 Å². The molecule has 2 amide bonds. The van der Waals surface area contributed by atoms with Crippen LogP contribution in [0.5, 0.6) is 0 Å². The van der Waals surface area contributed by atoms with Gasteiger partial charge >= 0.3 is 0 Å². The van der Waals surface area contributed by atoms with Gasteiger partial charge in [-0.15, -0.1) is 0 Å². The van der Waals surface area contributed by atoms with Crippen LogP contribution in [0, 0.1) is 5.82 Å². The number of carbonyl (C=O) groups excluding carboxylic acids is 2. The van der Waals surface area contributed by atoms with Crippen molar-refractivity contribution < 1.29 is 19.1 Å². The number of hydrogen-bond acceptors (Lipinski definition) is 4. The molecule has 1 aromatic heterocycles. The number of benzene rings is 1. The lowest BCUT2D eigenvalue weighted by Crippen LogP contribution is -2.43. The first-order valence-corrected chi connectivity index (χ1v) is 10.5. The van der Waals surface area contributed by atoms with E-state index in [1.807, 2.05) is 0 Å². The monoisotopic (exact) mass is 429 g/mol. The van der Waals surface area contributed by atoms with Gasteiger partial charge in [-0.25, -0.2) is 9.37 Å². The average molecular weight is 430 g/mol. The molecule has 2 aromatic rings. The van der Waals surface area contributed by atoms with Crippen LogP contribution in [0.3, 0.4) is 0 Å². The Bertz CT molecular complexity index is 1060.